The Hall–Kier alpha value is -3.91. The van der Waals surface area contributed by atoms with Gasteiger partial charge in [-0.25, -0.2) is 22.0 Å². The lowest BCUT2D eigenvalue weighted by Crippen LogP contribution is -2.57. The number of amides is 2. The van der Waals surface area contributed by atoms with E-state index in [-0.39, 0.29) is 31.7 Å². The zero-order chi connectivity index (χ0) is 35.8. The molecule has 268 valence electrons. The molecule has 2 amide bonds. The highest BCUT2D eigenvalue weighted by atomic mass is 32.2. The molecule has 0 spiro atoms. The molecule has 0 heterocycles. The number of hydrogen-bond acceptors (Lipinski definition) is 8. The minimum atomic E-state index is -3.92. The summed E-state index contributed by atoms with van der Waals surface area (Å²) in [6.45, 7) is 3.10. The van der Waals surface area contributed by atoms with E-state index in [4.69, 9.17) is 4.74 Å². The third-order valence-electron chi connectivity index (χ3n) is 8.08. The minimum absolute atomic E-state index is 0.119. The average molecular weight is 704 g/mol. The molecule has 0 saturated heterocycles. The minimum Gasteiger partial charge on any atom is -0.445 e. The summed E-state index contributed by atoms with van der Waals surface area (Å²) >= 11 is 0. The van der Waals surface area contributed by atoms with Gasteiger partial charge in [0, 0.05) is 12.6 Å². The van der Waals surface area contributed by atoms with E-state index in [9.17, 15) is 37.0 Å². The fourth-order valence-corrected chi connectivity index (χ4v) is 7.69. The van der Waals surface area contributed by atoms with Crippen LogP contribution in [0, 0.1) is 11.6 Å². The molecule has 0 bridgehead atoms. The third kappa shape index (κ3) is 13.1. The van der Waals surface area contributed by atoms with Crippen molar-refractivity contribution in [2.24, 2.45) is 0 Å². The van der Waals surface area contributed by atoms with Crippen LogP contribution in [-0.2, 0) is 32.4 Å². The summed E-state index contributed by atoms with van der Waals surface area (Å²) in [5.74, 6) is -3.39. The maximum atomic E-state index is 14.1. The van der Waals surface area contributed by atoms with Crippen LogP contribution < -0.4 is 16.0 Å². The van der Waals surface area contributed by atoms with Crippen LogP contribution >= 0.6 is 0 Å². The Bertz CT molecular complexity index is 1540. The second-order valence-corrected chi connectivity index (χ2v) is 14.3. The topological polar surface area (TPSA) is 154 Å². The molecule has 3 rings (SSSR count). The number of sulfone groups is 1. The molecule has 0 aromatic heterocycles. The molecule has 0 saturated carbocycles. The molecule has 49 heavy (non-hydrogen) atoms. The number of rotatable bonds is 20. The van der Waals surface area contributed by atoms with Gasteiger partial charge in [-0.1, -0.05) is 87.4 Å². The highest BCUT2D eigenvalue weighted by Gasteiger charge is 2.34. The average Bonchev–Trinajstić information content (AvgIpc) is 3.07. The van der Waals surface area contributed by atoms with Gasteiger partial charge in [-0.2, -0.15) is 0 Å². The highest BCUT2D eigenvalue weighted by molar-refractivity contribution is 7.92. The van der Waals surface area contributed by atoms with Gasteiger partial charge in [0.15, 0.2) is 9.84 Å². The van der Waals surface area contributed by atoms with Gasteiger partial charge in [0.25, 0.3) is 0 Å². The predicted molar refractivity (Wildman–Crippen MR) is 183 cm³/mol. The van der Waals surface area contributed by atoms with Gasteiger partial charge in [-0.15, -0.1) is 0 Å². The van der Waals surface area contributed by atoms with Gasteiger partial charge >= 0.3 is 6.09 Å². The van der Waals surface area contributed by atoms with Crippen molar-refractivity contribution in [1.29, 1.82) is 0 Å². The van der Waals surface area contributed by atoms with Crippen LogP contribution in [0.4, 0.5) is 13.6 Å². The van der Waals surface area contributed by atoms with E-state index in [2.05, 4.69) is 16.0 Å². The standard InChI is InChI=1S/C36H47F2N3O7S/c1-3-11-30(12-4-2)49(46,47)24-33(41-36(45)48-23-25-13-7-5-8-14-25)35(44)40-31(19-26-17-28(37)20-29(38)18-26)34(43)21-39-32(22-42)27-15-9-6-10-16-27/h5-10,13-18,20,30-34,39,42-43H,3-4,11-12,19,21-24H2,1-2H3,(H,40,44)(H,41,45)/t31-,32-,33+,34?/m0/s1. The van der Waals surface area contributed by atoms with Crippen molar-refractivity contribution < 1.29 is 41.7 Å². The molecule has 0 fully saturated rings. The number of halogens is 2. The van der Waals surface area contributed by atoms with Crippen molar-refractivity contribution >= 4 is 21.8 Å². The number of hydrogen-bond donors (Lipinski definition) is 5. The Labute approximate surface area is 287 Å². The van der Waals surface area contributed by atoms with Crippen molar-refractivity contribution in [3.63, 3.8) is 0 Å². The first-order valence-electron chi connectivity index (χ1n) is 16.5. The Balaban J connectivity index is 1.87. The molecule has 0 radical (unpaired) electrons. The second-order valence-electron chi connectivity index (χ2n) is 12.0. The lowest BCUT2D eigenvalue weighted by molar-refractivity contribution is -0.124. The summed E-state index contributed by atoms with van der Waals surface area (Å²) in [5.41, 5.74) is 1.53. The Kier molecular flexibility index (Phi) is 16.1. The molecule has 1 unspecified atom stereocenters. The second kappa shape index (κ2) is 19.9. The van der Waals surface area contributed by atoms with Gasteiger partial charge in [-0.05, 0) is 48.1 Å². The van der Waals surface area contributed by atoms with Crippen LogP contribution in [0.25, 0.3) is 0 Å². The number of ether oxygens (including phenoxy) is 1. The Morgan fingerprint density at radius 1 is 0.857 bits per heavy atom. The molecular weight excluding hydrogens is 656 g/mol. The Morgan fingerprint density at radius 2 is 1.45 bits per heavy atom. The Morgan fingerprint density at radius 3 is 2.02 bits per heavy atom. The summed E-state index contributed by atoms with van der Waals surface area (Å²) in [6.07, 6.45) is -0.731. The number of carbonyl (C=O) groups excluding carboxylic acids is 2. The van der Waals surface area contributed by atoms with Crippen molar-refractivity contribution in [2.75, 3.05) is 18.9 Å². The number of aliphatic hydroxyl groups is 2. The van der Waals surface area contributed by atoms with E-state index < -0.39 is 68.7 Å². The van der Waals surface area contributed by atoms with Crippen LogP contribution in [-0.4, -0.2) is 73.0 Å². The molecule has 3 aromatic rings. The first kappa shape index (κ1) is 39.5. The quantitative estimate of drug-likeness (QED) is 0.116. The molecule has 10 nitrogen and oxygen atoms in total. The van der Waals surface area contributed by atoms with Crippen LogP contribution in [0.2, 0.25) is 0 Å². The van der Waals surface area contributed by atoms with Crippen LogP contribution in [0.3, 0.4) is 0 Å². The SMILES string of the molecule is CCCC(CCC)S(=O)(=O)C[C@@H](NC(=O)OCc1ccccc1)C(=O)N[C@@H](Cc1cc(F)cc(F)c1)C(O)CN[C@@H](CO)c1ccccc1. The molecular formula is C36H47F2N3O7S. The van der Waals surface area contributed by atoms with Gasteiger partial charge in [0.05, 0.1) is 35.8 Å². The maximum absolute atomic E-state index is 14.1. The van der Waals surface area contributed by atoms with Crippen molar-refractivity contribution in [2.45, 2.75) is 82.0 Å². The van der Waals surface area contributed by atoms with E-state index in [0.29, 0.717) is 37.3 Å². The lowest BCUT2D eigenvalue weighted by Gasteiger charge is -2.29. The van der Waals surface area contributed by atoms with Gasteiger partial charge in [0.1, 0.15) is 24.3 Å². The largest absolute Gasteiger partial charge is 0.445 e. The predicted octanol–water partition coefficient (Wildman–Crippen LogP) is 4.35. The molecule has 4 atom stereocenters. The van der Waals surface area contributed by atoms with Crippen LogP contribution in [0.1, 0.15) is 62.3 Å². The third-order valence-corrected chi connectivity index (χ3v) is 10.4. The summed E-state index contributed by atoms with van der Waals surface area (Å²) in [4.78, 5) is 26.8. The van der Waals surface area contributed by atoms with Crippen molar-refractivity contribution in [3.8, 4) is 0 Å². The zero-order valence-corrected chi connectivity index (χ0v) is 28.7. The fourth-order valence-electron chi connectivity index (χ4n) is 5.53. The van der Waals surface area contributed by atoms with E-state index in [1.54, 1.807) is 54.6 Å². The smallest absolute Gasteiger partial charge is 0.408 e. The van der Waals surface area contributed by atoms with E-state index in [1.165, 1.54) is 0 Å². The first-order chi connectivity index (χ1) is 23.4. The van der Waals surface area contributed by atoms with Gasteiger partial charge in [-0.3, -0.25) is 4.79 Å². The number of aliphatic hydroxyl groups excluding tert-OH is 2. The van der Waals surface area contributed by atoms with Crippen molar-refractivity contribution in [1.82, 2.24) is 16.0 Å². The normalized spacial score (nSPS) is 14.1. The zero-order valence-electron chi connectivity index (χ0n) is 27.9. The lowest BCUT2D eigenvalue weighted by atomic mass is 9.99. The summed E-state index contributed by atoms with van der Waals surface area (Å²) in [5, 5.41) is 28.6. The molecule has 3 aromatic carbocycles. The fraction of sp³-hybridized carbons (Fsp3) is 0.444. The first-order valence-corrected chi connectivity index (χ1v) is 18.2. The number of nitrogens with one attached hydrogen (secondary N) is 3. The highest BCUT2D eigenvalue weighted by Crippen LogP contribution is 2.18. The number of benzene rings is 3. The summed E-state index contributed by atoms with van der Waals surface area (Å²) < 4.78 is 60.7. The molecule has 0 aliphatic rings. The maximum Gasteiger partial charge on any atom is 0.408 e. The molecule has 0 aliphatic heterocycles. The number of alkyl carbamates (subject to hydrolysis) is 1. The van der Waals surface area contributed by atoms with Crippen LogP contribution in [0.5, 0.6) is 0 Å². The molecule has 0 aliphatic carbocycles. The van der Waals surface area contributed by atoms with Crippen molar-refractivity contribution in [3.05, 3.63) is 107 Å². The summed E-state index contributed by atoms with van der Waals surface area (Å²) in [6, 6.07) is 17.1. The molecule has 5 N–H and O–H groups in total. The van der Waals surface area contributed by atoms with E-state index in [1.807, 2.05) is 19.9 Å². The van der Waals surface area contributed by atoms with E-state index >= 15 is 0 Å². The van der Waals surface area contributed by atoms with Crippen LogP contribution in [0.15, 0.2) is 78.9 Å². The summed E-state index contributed by atoms with van der Waals surface area (Å²) in [7, 11) is -3.92. The van der Waals surface area contributed by atoms with Gasteiger partial charge in [0.2, 0.25) is 5.91 Å². The van der Waals surface area contributed by atoms with Gasteiger partial charge < -0.3 is 30.9 Å². The number of carbonyl (C=O) groups is 2. The van der Waals surface area contributed by atoms with E-state index in [0.717, 1.165) is 17.7 Å². The molecule has 13 heteroatoms. The monoisotopic (exact) mass is 703 g/mol.